The molecule has 2 aromatic heterocycles. The van der Waals surface area contributed by atoms with Gasteiger partial charge in [0.15, 0.2) is 0 Å². The van der Waals surface area contributed by atoms with Crippen LogP contribution in [0.3, 0.4) is 0 Å². The fourth-order valence-corrected chi connectivity index (χ4v) is 3.61. The molecular formula is C19H23N3S. The van der Waals surface area contributed by atoms with E-state index >= 15 is 0 Å². The van der Waals surface area contributed by atoms with Gasteiger partial charge in [0, 0.05) is 17.8 Å². The Bertz CT molecular complexity index is 765. The van der Waals surface area contributed by atoms with Gasteiger partial charge in [0.25, 0.3) is 0 Å². The van der Waals surface area contributed by atoms with Gasteiger partial charge >= 0.3 is 0 Å². The lowest BCUT2D eigenvalue weighted by Gasteiger charge is -2.08. The summed E-state index contributed by atoms with van der Waals surface area (Å²) in [6.07, 6.45) is 4.11. The van der Waals surface area contributed by atoms with Crippen molar-refractivity contribution < 1.29 is 0 Å². The lowest BCUT2D eigenvalue weighted by atomic mass is 10.1. The van der Waals surface area contributed by atoms with Gasteiger partial charge in [-0.25, -0.2) is 9.97 Å². The number of nitrogens with one attached hydrogen (secondary N) is 1. The van der Waals surface area contributed by atoms with Gasteiger partial charge in [-0.15, -0.1) is 11.3 Å². The van der Waals surface area contributed by atoms with Crippen LogP contribution in [0.25, 0.3) is 10.2 Å². The SMILES string of the molecule is CCc1nc(NCCCc2ccccc2)c2cc(CC)sc2n1. The van der Waals surface area contributed by atoms with E-state index in [9.17, 15) is 0 Å². The van der Waals surface area contributed by atoms with Gasteiger partial charge in [-0.3, -0.25) is 0 Å². The minimum atomic E-state index is 0.869. The number of thiophene rings is 1. The molecule has 0 saturated carbocycles. The number of hydrogen-bond acceptors (Lipinski definition) is 4. The molecule has 3 rings (SSSR count). The summed E-state index contributed by atoms with van der Waals surface area (Å²) in [6, 6.07) is 12.9. The van der Waals surface area contributed by atoms with E-state index in [1.807, 2.05) is 0 Å². The molecule has 1 aromatic carbocycles. The predicted octanol–water partition coefficient (Wildman–Crippen LogP) is 4.86. The minimum absolute atomic E-state index is 0.869. The first-order valence-corrected chi connectivity index (χ1v) is 9.19. The van der Waals surface area contributed by atoms with E-state index in [0.717, 1.165) is 48.7 Å². The Morgan fingerprint density at radius 1 is 1.04 bits per heavy atom. The first-order valence-electron chi connectivity index (χ1n) is 8.37. The molecule has 1 N–H and O–H groups in total. The molecule has 3 aromatic rings. The van der Waals surface area contributed by atoms with Crippen molar-refractivity contribution in [1.29, 1.82) is 0 Å². The largest absolute Gasteiger partial charge is 0.369 e. The summed E-state index contributed by atoms with van der Waals surface area (Å²) in [6.45, 7) is 5.22. The molecule has 2 heterocycles. The lowest BCUT2D eigenvalue weighted by Crippen LogP contribution is -2.07. The van der Waals surface area contributed by atoms with Crippen LogP contribution in [0.5, 0.6) is 0 Å². The zero-order valence-electron chi connectivity index (χ0n) is 13.8. The molecule has 0 amide bonds. The van der Waals surface area contributed by atoms with Crippen LogP contribution in [0.1, 0.15) is 36.5 Å². The van der Waals surface area contributed by atoms with Gasteiger partial charge in [0.1, 0.15) is 16.5 Å². The van der Waals surface area contributed by atoms with E-state index in [4.69, 9.17) is 4.98 Å². The molecule has 0 radical (unpaired) electrons. The minimum Gasteiger partial charge on any atom is -0.369 e. The van der Waals surface area contributed by atoms with Gasteiger partial charge in [0.2, 0.25) is 0 Å². The molecule has 0 saturated heterocycles. The maximum Gasteiger partial charge on any atom is 0.138 e. The molecular weight excluding hydrogens is 302 g/mol. The molecule has 0 aliphatic heterocycles. The van der Waals surface area contributed by atoms with Crippen molar-refractivity contribution in [3.05, 3.63) is 52.7 Å². The molecule has 0 spiro atoms. The van der Waals surface area contributed by atoms with E-state index in [0.29, 0.717) is 0 Å². The van der Waals surface area contributed by atoms with Gasteiger partial charge in [-0.05, 0) is 30.9 Å². The van der Waals surface area contributed by atoms with Crippen LogP contribution in [0, 0.1) is 0 Å². The Hall–Kier alpha value is -1.94. The number of fused-ring (bicyclic) bond motifs is 1. The second-order valence-electron chi connectivity index (χ2n) is 5.64. The van der Waals surface area contributed by atoms with Crippen LogP contribution in [0.4, 0.5) is 5.82 Å². The van der Waals surface area contributed by atoms with Crippen molar-refractivity contribution in [1.82, 2.24) is 9.97 Å². The molecule has 0 aliphatic carbocycles. The van der Waals surface area contributed by atoms with Crippen molar-refractivity contribution in [2.45, 2.75) is 39.5 Å². The number of aryl methyl sites for hydroxylation is 3. The van der Waals surface area contributed by atoms with E-state index in [1.165, 1.54) is 15.8 Å². The molecule has 3 nitrogen and oxygen atoms in total. The molecule has 0 bridgehead atoms. The quantitative estimate of drug-likeness (QED) is 0.630. The summed E-state index contributed by atoms with van der Waals surface area (Å²) in [7, 11) is 0. The van der Waals surface area contributed by atoms with Crippen molar-refractivity contribution in [3.63, 3.8) is 0 Å². The summed E-state index contributed by atoms with van der Waals surface area (Å²) in [5.41, 5.74) is 1.39. The maximum atomic E-state index is 4.70. The number of rotatable bonds is 7. The Labute approximate surface area is 141 Å². The number of aromatic nitrogens is 2. The number of benzene rings is 1. The number of nitrogens with zero attached hydrogens (tertiary/aromatic N) is 2. The summed E-state index contributed by atoms with van der Waals surface area (Å²) >= 11 is 1.79. The Morgan fingerprint density at radius 3 is 2.61 bits per heavy atom. The molecule has 23 heavy (non-hydrogen) atoms. The first-order chi connectivity index (χ1) is 11.3. The van der Waals surface area contributed by atoms with Crippen molar-refractivity contribution in [2.75, 3.05) is 11.9 Å². The van der Waals surface area contributed by atoms with Gasteiger partial charge in [0.05, 0.1) is 5.39 Å². The van der Waals surface area contributed by atoms with E-state index < -0.39 is 0 Å². The number of anilines is 1. The highest BCUT2D eigenvalue weighted by atomic mass is 32.1. The fourth-order valence-electron chi connectivity index (χ4n) is 2.63. The van der Waals surface area contributed by atoms with Crippen molar-refractivity contribution in [3.8, 4) is 0 Å². The third kappa shape index (κ3) is 3.88. The van der Waals surface area contributed by atoms with Crippen LogP contribution >= 0.6 is 11.3 Å². The highest BCUT2D eigenvalue weighted by molar-refractivity contribution is 7.18. The third-order valence-electron chi connectivity index (χ3n) is 3.93. The van der Waals surface area contributed by atoms with Crippen LogP contribution in [-0.4, -0.2) is 16.5 Å². The molecule has 0 aliphatic rings. The topological polar surface area (TPSA) is 37.8 Å². The zero-order valence-corrected chi connectivity index (χ0v) is 14.6. The maximum absolute atomic E-state index is 4.70. The predicted molar refractivity (Wildman–Crippen MR) is 99.4 cm³/mol. The summed E-state index contributed by atoms with van der Waals surface area (Å²) < 4.78 is 0. The van der Waals surface area contributed by atoms with Gasteiger partial charge in [-0.2, -0.15) is 0 Å². The van der Waals surface area contributed by atoms with E-state index in [2.05, 4.69) is 60.5 Å². The van der Waals surface area contributed by atoms with Crippen LogP contribution in [0.2, 0.25) is 0 Å². The van der Waals surface area contributed by atoms with Gasteiger partial charge in [-0.1, -0.05) is 44.2 Å². The Morgan fingerprint density at radius 2 is 1.87 bits per heavy atom. The summed E-state index contributed by atoms with van der Waals surface area (Å²) in [5.74, 6) is 1.92. The highest BCUT2D eigenvalue weighted by Gasteiger charge is 2.10. The average Bonchev–Trinajstić information content (AvgIpc) is 3.02. The molecule has 0 atom stereocenters. The standard InChI is InChI=1S/C19H23N3S/c1-3-15-13-16-18(21-17(4-2)22-19(16)23-15)20-12-8-11-14-9-6-5-7-10-14/h5-7,9-10,13H,3-4,8,11-12H2,1-2H3,(H,20,21,22). The smallest absolute Gasteiger partial charge is 0.138 e. The van der Waals surface area contributed by atoms with Crippen molar-refractivity contribution >= 4 is 27.4 Å². The lowest BCUT2D eigenvalue weighted by molar-refractivity contribution is 0.855. The fraction of sp³-hybridized carbons (Fsp3) is 0.368. The van der Waals surface area contributed by atoms with E-state index in [1.54, 1.807) is 11.3 Å². The second kappa shape index (κ2) is 7.55. The average molecular weight is 325 g/mol. The second-order valence-corrected chi connectivity index (χ2v) is 6.76. The monoisotopic (exact) mass is 325 g/mol. The van der Waals surface area contributed by atoms with Crippen LogP contribution in [0.15, 0.2) is 36.4 Å². The third-order valence-corrected chi connectivity index (χ3v) is 5.11. The van der Waals surface area contributed by atoms with Crippen LogP contribution < -0.4 is 5.32 Å². The number of hydrogen-bond donors (Lipinski definition) is 1. The van der Waals surface area contributed by atoms with Gasteiger partial charge < -0.3 is 5.32 Å². The summed E-state index contributed by atoms with van der Waals surface area (Å²) in [5, 5.41) is 4.70. The van der Waals surface area contributed by atoms with Crippen LogP contribution in [-0.2, 0) is 19.3 Å². The van der Waals surface area contributed by atoms with Crippen molar-refractivity contribution in [2.24, 2.45) is 0 Å². The normalized spacial score (nSPS) is 11.0. The zero-order chi connectivity index (χ0) is 16.1. The Kier molecular flexibility index (Phi) is 5.23. The van der Waals surface area contributed by atoms with E-state index in [-0.39, 0.29) is 0 Å². The summed E-state index contributed by atoms with van der Waals surface area (Å²) in [4.78, 5) is 11.8. The first kappa shape index (κ1) is 15.9. The Balaban J connectivity index is 1.70. The molecule has 0 unspecified atom stereocenters. The molecule has 0 fully saturated rings. The molecule has 120 valence electrons. The molecule has 4 heteroatoms. The highest BCUT2D eigenvalue weighted by Crippen LogP contribution is 2.29.